The van der Waals surface area contributed by atoms with E-state index in [0.717, 1.165) is 49.3 Å². The van der Waals surface area contributed by atoms with Crippen LogP contribution >= 0.6 is 0 Å². The first kappa shape index (κ1) is 25.5. The maximum Gasteiger partial charge on any atom is 0.247 e. The summed E-state index contributed by atoms with van der Waals surface area (Å²) >= 11 is 0. The summed E-state index contributed by atoms with van der Waals surface area (Å²) in [5, 5.41) is 6.58. The van der Waals surface area contributed by atoms with E-state index >= 15 is 0 Å². The van der Waals surface area contributed by atoms with Gasteiger partial charge in [0, 0.05) is 31.1 Å². The van der Waals surface area contributed by atoms with Crippen molar-refractivity contribution in [3.8, 4) is 11.5 Å². The highest BCUT2D eigenvalue weighted by Gasteiger charge is 2.40. The highest BCUT2D eigenvalue weighted by molar-refractivity contribution is 6.07. The Bertz CT molecular complexity index is 1170. The first-order valence-electron chi connectivity index (χ1n) is 13.2. The molecule has 0 aromatic heterocycles. The molecule has 2 heterocycles. The van der Waals surface area contributed by atoms with E-state index in [9.17, 15) is 4.79 Å². The zero-order chi connectivity index (χ0) is 25.9. The highest BCUT2D eigenvalue weighted by Crippen LogP contribution is 2.37. The van der Waals surface area contributed by atoms with E-state index < -0.39 is 0 Å². The number of carbonyl (C=O) groups excluding carboxylic acids is 1. The fraction of sp³-hybridized carbons (Fsp3) is 0.467. The first-order valence-corrected chi connectivity index (χ1v) is 13.2. The van der Waals surface area contributed by atoms with E-state index in [4.69, 9.17) is 19.3 Å². The van der Waals surface area contributed by atoms with Crippen LogP contribution in [0.2, 0.25) is 0 Å². The third kappa shape index (κ3) is 5.58. The molecular weight excluding hydrogens is 466 g/mol. The van der Waals surface area contributed by atoms with E-state index in [1.165, 1.54) is 5.56 Å². The molecule has 1 fully saturated rings. The minimum absolute atomic E-state index is 0.0625. The minimum atomic E-state index is -0.102. The number of hydrazone groups is 1. The zero-order valence-corrected chi connectivity index (χ0v) is 22.2. The van der Waals surface area contributed by atoms with Crippen molar-refractivity contribution < 1.29 is 19.0 Å². The van der Waals surface area contributed by atoms with Gasteiger partial charge < -0.3 is 14.2 Å². The van der Waals surface area contributed by atoms with Gasteiger partial charge in [-0.15, -0.1) is 0 Å². The van der Waals surface area contributed by atoms with Crippen LogP contribution in [0, 0.1) is 11.8 Å². The quantitative estimate of drug-likeness (QED) is 0.515. The Morgan fingerprint density at radius 2 is 1.49 bits per heavy atom. The molecule has 0 radical (unpaired) electrons. The van der Waals surface area contributed by atoms with Crippen molar-refractivity contribution in [2.75, 3.05) is 27.3 Å². The van der Waals surface area contributed by atoms with Crippen molar-refractivity contribution in [3.63, 3.8) is 0 Å². The molecule has 5 rings (SSSR count). The third-order valence-corrected chi connectivity index (χ3v) is 7.52. The molecule has 37 heavy (non-hydrogen) atoms. The summed E-state index contributed by atoms with van der Waals surface area (Å²) in [7, 11) is 3.27. The second-order valence-corrected chi connectivity index (χ2v) is 10.4. The van der Waals surface area contributed by atoms with Gasteiger partial charge in [-0.2, -0.15) is 5.10 Å². The molecule has 0 bridgehead atoms. The molecule has 4 atom stereocenters. The highest BCUT2D eigenvalue weighted by atomic mass is 16.5. The van der Waals surface area contributed by atoms with Gasteiger partial charge in [0.25, 0.3) is 0 Å². The number of benzene rings is 2. The lowest BCUT2D eigenvalue weighted by Crippen LogP contribution is -2.45. The number of nitrogens with zero attached hydrogens (tertiary/aromatic N) is 3. The number of carbonyl (C=O) groups is 1. The van der Waals surface area contributed by atoms with Crippen LogP contribution in [0.4, 0.5) is 0 Å². The number of morpholine rings is 1. The molecule has 0 spiro atoms. The predicted octanol–water partition coefficient (Wildman–Crippen LogP) is 4.64. The van der Waals surface area contributed by atoms with Gasteiger partial charge in [-0.05, 0) is 56.0 Å². The fourth-order valence-corrected chi connectivity index (χ4v) is 5.81. The summed E-state index contributed by atoms with van der Waals surface area (Å²) in [6.07, 6.45) is 6.34. The number of hydrogen-bond acceptors (Lipinski definition) is 6. The lowest BCUT2D eigenvalue weighted by atomic mass is 9.76. The second kappa shape index (κ2) is 11.1. The Kier molecular flexibility index (Phi) is 7.63. The lowest BCUT2D eigenvalue weighted by molar-refractivity contribution is -0.138. The summed E-state index contributed by atoms with van der Waals surface area (Å²) in [4.78, 5) is 15.9. The molecule has 0 saturated carbocycles. The van der Waals surface area contributed by atoms with Crippen LogP contribution in [-0.4, -0.2) is 61.0 Å². The Morgan fingerprint density at radius 3 is 2.14 bits per heavy atom. The Morgan fingerprint density at radius 1 is 0.865 bits per heavy atom. The molecule has 7 heteroatoms. The molecular formula is C30H37N3O4. The average Bonchev–Trinajstić information content (AvgIpc) is 2.90. The van der Waals surface area contributed by atoms with E-state index in [2.05, 4.69) is 55.2 Å². The Balaban J connectivity index is 1.36. The molecule has 7 nitrogen and oxygen atoms in total. The van der Waals surface area contributed by atoms with Gasteiger partial charge in [0.1, 0.15) is 0 Å². The van der Waals surface area contributed by atoms with Crippen LogP contribution < -0.4 is 9.47 Å². The maximum absolute atomic E-state index is 13.5. The molecule has 196 valence electrons. The van der Waals surface area contributed by atoms with Crippen molar-refractivity contribution in [2.24, 2.45) is 16.9 Å². The average molecular weight is 504 g/mol. The van der Waals surface area contributed by atoms with Crippen LogP contribution in [0.1, 0.15) is 43.4 Å². The van der Waals surface area contributed by atoms with Gasteiger partial charge in [0.15, 0.2) is 11.5 Å². The van der Waals surface area contributed by atoms with E-state index in [-0.39, 0.29) is 30.0 Å². The monoisotopic (exact) mass is 503 g/mol. The predicted molar refractivity (Wildman–Crippen MR) is 144 cm³/mol. The van der Waals surface area contributed by atoms with E-state index in [1.54, 1.807) is 19.2 Å². The first-order chi connectivity index (χ1) is 17.9. The molecule has 1 amide bonds. The SMILES string of the molecule is COc1ccc(C2=NN(Cc3ccc(CN4C[C@@H](C)O[C@H](C)C4)cc3)C(=O)[C@H]3CC=CC[C@@H]23)cc1OC. The van der Waals surface area contributed by atoms with Crippen LogP contribution in [-0.2, 0) is 22.6 Å². The van der Waals surface area contributed by atoms with Crippen LogP contribution in [0.3, 0.4) is 0 Å². The number of amides is 1. The Labute approximate surface area is 219 Å². The van der Waals surface area contributed by atoms with Gasteiger partial charge in [-0.1, -0.05) is 36.4 Å². The molecule has 2 aromatic rings. The molecule has 1 aliphatic carbocycles. The molecule has 0 unspecified atom stereocenters. The number of rotatable bonds is 7. The summed E-state index contributed by atoms with van der Waals surface area (Å²) in [5.74, 6) is 1.40. The number of ether oxygens (including phenoxy) is 3. The minimum Gasteiger partial charge on any atom is -0.493 e. The Hall–Kier alpha value is -3.16. The largest absolute Gasteiger partial charge is 0.493 e. The number of fused-ring (bicyclic) bond motifs is 1. The number of hydrogen-bond donors (Lipinski definition) is 0. The van der Waals surface area contributed by atoms with Crippen molar-refractivity contribution >= 4 is 11.6 Å². The topological polar surface area (TPSA) is 63.6 Å². The zero-order valence-electron chi connectivity index (χ0n) is 22.2. The summed E-state index contributed by atoms with van der Waals surface area (Å²) < 4.78 is 16.8. The van der Waals surface area contributed by atoms with Gasteiger partial charge in [0.2, 0.25) is 5.91 Å². The molecule has 2 aromatic carbocycles. The van der Waals surface area contributed by atoms with Crippen LogP contribution in [0.15, 0.2) is 59.7 Å². The number of allylic oxidation sites excluding steroid dienone is 2. The lowest BCUT2D eigenvalue weighted by Gasteiger charge is -2.37. The van der Waals surface area contributed by atoms with Gasteiger partial charge in [-0.25, -0.2) is 5.01 Å². The van der Waals surface area contributed by atoms with Crippen LogP contribution in [0.5, 0.6) is 11.5 Å². The summed E-state index contributed by atoms with van der Waals surface area (Å²) in [6, 6.07) is 14.4. The van der Waals surface area contributed by atoms with Gasteiger partial charge in [-0.3, -0.25) is 9.69 Å². The van der Waals surface area contributed by atoms with Gasteiger partial charge >= 0.3 is 0 Å². The molecule has 1 saturated heterocycles. The maximum atomic E-state index is 13.5. The third-order valence-electron chi connectivity index (χ3n) is 7.52. The van der Waals surface area contributed by atoms with Crippen molar-refractivity contribution in [2.45, 2.75) is 52.0 Å². The van der Waals surface area contributed by atoms with Crippen molar-refractivity contribution in [3.05, 3.63) is 71.3 Å². The van der Waals surface area contributed by atoms with E-state index in [1.807, 2.05) is 18.2 Å². The number of methoxy groups -OCH3 is 2. The normalized spacial score (nSPS) is 26.0. The van der Waals surface area contributed by atoms with Gasteiger partial charge in [0.05, 0.1) is 44.6 Å². The second-order valence-electron chi connectivity index (χ2n) is 10.4. The molecule has 2 aliphatic heterocycles. The fourth-order valence-electron chi connectivity index (χ4n) is 5.81. The summed E-state index contributed by atoms with van der Waals surface area (Å²) in [5.41, 5.74) is 4.23. The standard InChI is InChI=1S/C30H37N3O4/c1-20-16-32(17-21(2)37-20)18-22-9-11-23(12-10-22)19-33-30(34)26-8-6-5-7-25(26)29(31-33)24-13-14-27(35-3)28(15-24)36-4/h5-6,9-15,20-21,25-26H,7-8,16-19H2,1-4H3/t20-,21-,25-,26+/m1/s1. The van der Waals surface area contributed by atoms with Crippen molar-refractivity contribution in [1.29, 1.82) is 0 Å². The van der Waals surface area contributed by atoms with E-state index in [0.29, 0.717) is 18.0 Å². The molecule has 3 aliphatic rings. The molecule has 0 N–H and O–H groups in total. The van der Waals surface area contributed by atoms with Crippen LogP contribution in [0.25, 0.3) is 0 Å². The smallest absolute Gasteiger partial charge is 0.247 e. The summed E-state index contributed by atoms with van der Waals surface area (Å²) in [6.45, 7) is 7.50. The van der Waals surface area contributed by atoms with Crippen molar-refractivity contribution in [1.82, 2.24) is 9.91 Å².